The average molecular weight is 283 g/mol. The highest BCUT2D eigenvalue weighted by Gasteiger charge is 2.15. The third-order valence-corrected chi connectivity index (χ3v) is 2.46. The van der Waals surface area contributed by atoms with Crippen molar-refractivity contribution < 1.29 is 13.7 Å². The van der Waals surface area contributed by atoms with E-state index in [1.165, 1.54) is 0 Å². The van der Waals surface area contributed by atoms with E-state index in [9.17, 15) is 28.5 Å². The van der Waals surface area contributed by atoms with Crippen molar-refractivity contribution in [3.8, 4) is 0 Å². The Labute approximate surface area is 109 Å². The largest absolute Gasteiger partial charge is 0.350 e. The van der Waals surface area contributed by atoms with Crippen molar-refractivity contribution in [2.24, 2.45) is 0 Å². The molecular formula is C11H7F2N3O4. The van der Waals surface area contributed by atoms with Crippen LogP contribution in [0, 0.1) is 21.7 Å². The molecule has 0 spiro atoms. The van der Waals surface area contributed by atoms with Crippen LogP contribution >= 0.6 is 0 Å². The van der Waals surface area contributed by atoms with Gasteiger partial charge in [-0.05, 0) is 17.7 Å². The third kappa shape index (κ3) is 2.76. The molecule has 1 heterocycles. The number of halogens is 2. The SMILES string of the molecule is O=c1[nH]c(=O)n(Cc2cc(F)cc(F)c2)cc1[N+](=O)[O-]. The number of nitro groups is 1. The molecule has 0 radical (unpaired) electrons. The lowest BCUT2D eigenvalue weighted by Gasteiger charge is -2.05. The van der Waals surface area contributed by atoms with Crippen LogP contribution in [0.2, 0.25) is 0 Å². The molecule has 9 heteroatoms. The summed E-state index contributed by atoms with van der Waals surface area (Å²) in [6.45, 7) is -0.314. The van der Waals surface area contributed by atoms with Gasteiger partial charge < -0.3 is 0 Å². The highest BCUT2D eigenvalue weighted by molar-refractivity contribution is 5.23. The van der Waals surface area contributed by atoms with Gasteiger partial charge in [-0.2, -0.15) is 0 Å². The molecule has 2 rings (SSSR count). The number of rotatable bonds is 3. The van der Waals surface area contributed by atoms with Crippen molar-refractivity contribution in [2.75, 3.05) is 0 Å². The molecule has 1 aromatic heterocycles. The fraction of sp³-hybridized carbons (Fsp3) is 0.0909. The molecule has 0 aliphatic rings. The number of nitrogens with one attached hydrogen (secondary N) is 1. The molecule has 0 saturated heterocycles. The number of nitrogens with zero attached hydrogens (tertiary/aromatic N) is 2. The molecule has 0 aliphatic heterocycles. The van der Waals surface area contributed by atoms with E-state index in [4.69, 9.17) is 0 Å². The van der Waals surface area contributed by atoms with Crippen LogP contribution in [0.1, 0.15) is 5.56 Å². The van der Waals surface area contributed by atoms with Gasteiger partial charge in [-0.15, -0.1) is 0 Å². The molecule has 0 amide bonds. The summed E-state index contributed by atoms with van der Waals surface area (Å²) < 4.78 is 26.8. The van der Waals surface area contributed by atoms with Gasteiger partial charge in [0.15, 0.2) is 0 Å². The fourth-order valence-electron chi connectivity index (χ4n) is 1.64. The van der Waals surface area contributed by atoms with Crippen LogP contribution in [0.25, 0.3) is 0 Å². The van der Waals surface area contributed by atoms with Gasteiger partial charge in [-0.3, -0.25) is 24.5 Å². The maximum absolute atomic E-state index is 13.0. The minimum atomic E-state index is -1.14. The Morgan fingerprint density at radius 3 is 2.35 bits per heavy atom. The summed E-state index contributed by atoms with van der Waals surface area (Å²) in [5.74, 6) is -1.68. The van der Waals surface area contributed by atoms with Crippen LogP contribution in [0.5, 0.6) is 0 Å². The van der Waals surface area contributed by atoms with Gasteiger partial charge in [0.25, 0.3) is 0 Å². The van der Waals surface area contributed by atoms with E-state index in [-0.39, 0.29) is 12.1 Å². The van der Waals surface area contributed by atoms with Crippen LogP contribution in [-0.2, 0) is 6.54 Å². The Morgan fingerprint density at radius 1 is 1.20 bits per heavy atom. The monoisotopic (exact) mass is 283 g/mol. The Kier molecular flexibility index (Phi) is 3.42. The molecule has 0 atom stereocenters. The van der Waals surface area contributed by atoms with E-state index in [1.54, 1.807) is 4.98 Å². The first kappa shape index (κ1) is 13.6. The van der Waals surface area contributed by atoms with Crippen molar-refractivity contribution in [2.45, 2.75) is 6.54 Å². The van der Waals surface area contributed by atoms with Gasteiger partial charge in [-0.25, -0.2) is 13.6 Å². The molecule has 0 fully saturated rings. The molecule has 0 aliphatic carbocycles. The summed E-state index contributed by atoms with van der Waals surface area (Å²) in [6.07, 6.45) is 0.726. The van der Waals surface area contributed by atoms with Gasteiger partial charge in [-0.1, -0.05) is 0 Å². The molecule has 2 aromatic rings. The van der Waals surface area contributed by atoms with Gasteiger partial charge in [0.1, 0.15) is 11.6 Å². The summed E-state index contributed by atoms with van der Waals surface area (Å²) in [4.78, 5) is 34.0. The molecule has 0 unspecified atom stereocenters. The molecule has 20 heavy (non-hydrogen) atoms. The molecule has 1 aromatic carbocycles. The van der Waals surface area contributed by atoms with Crippen molar-refractivity contribution in [1.29, 1.82) is 0 Å². The van der Waals surface area contributed by atoms with Gasteiger partial charge in [0.05, 0.1) is 17.7 Å². The van der Waals surface area contributed by atoms with E-state index < -0.39 is 33.5 Å². The number of H-pyrrole nitrogens is 1. The number of hydrogen-bond acceptors (Lipinski definition) is 4. The smallest absolute Gasteiger partial charge is 0.289 e. The predicted molar refractivity (Wildman–Crippen MR) is 63.4 cm³/mol. The molecular weight excluding hydrogens is 276 g/mol. The van der Waals surface area contributed by atoms with Crippen LogP contribution < -0.4 is 11.2 Å². The summed E-state index contributed by atoms with van der Waals surface area (Å²) in [5, 5.41) is 10.6. The van der Waals surface area contributed by atoms with Gasteiger partial charge in [0, 0.05) is 6.07 Å². The maximum atomic E-state index is 13.0. The molecule has 1 N–H and O–H groups in total. The predicted octanol–water partition coefficient (Wildman–Crippen LogP) is 0.771. The third-order valence-electron chi connectivity index (χ3n) is 2.46. The average Bonchev–Trinajstić information content (AvgIpc) is 2.30. The normalized spacial score (nSPS) is 10.5. The van der Waals surface area contributed by atoms with Gasteiger partial charge >= 0.3 is 16.9 Å². The quantitative estimate of drug-likeness (QED) is 0.664. The van der Waals surface area contributed by atoms with Crippen LogP contribution in [0.4, 0.5) is 14.5 Å². The van der Waals surface area contributed by atoms with E-state index in [0.717, 1.165) is 22.9 Å². The van der Waals surface area contributed by atoms with Crippen molar-refractivity contribution in [3.63, 3.8) is 0 Å². The van der Waals surface area contributed by atoms with E-state index in [2.05, 4.69) is 0 Å². The summed E-state index contributed by atoms with van der Waals surface area (Å²) in [6, 6.07) is 2.61. The first-order valence-electron chi connectivity index (χ1n) is 5.30. The summed E-state index contributed by atoms with van der Waals surface area (Å²) >= 11 is 0. The molecule has 104 valence electrons. The lowest BCUT2D eigenvalue weighted by atomic mass is 10.2. The zero-order valence-electron chi connectivity index (χ0n) is 9.80. The number of aromatic amines is 1. The zero-order chi connectivity index (χ0) is 14.9. The highest BCUT2D eigenvalue weighted by atomic mass is 19.1. The van der Waals surface area contributed by atoms with E-state index >= 15 is 0 Å². The Hall–Kier alpha value is -2.84. The highest BCUT2D eigenvalue weighted by Crippen LogP contribution is 2.09. The Morgan fingerprint density at radius 2 is 1.80 bits per heavy atom. The molecule has 7 nitrogen and oxygen atoms in total. The molecule has 0 saturated carbocycles. The van der Waals surface area contributed by atoms with Crippen LogP contribution in [-0.4, -0.2) is 14.5 Å². The number of benzene rings is 1. The summed E-state index contributed by atoms with van der Waals surface area (Å²) in [5.41, 5.74) is -2.79. The van der Waals surface area contributed by atoms with Crippen molar-refractivity contribution in [3.05, 3.63) is 72.5 Å². The van der Waals surface area contributed by atoms with E-state index in [1.807, 2.05) is 0 Å². The number of hydrogen-bond donors (Lipinski definition) is 1. The molecule has 0 bridgehead atoms. The Balaban J connectivity index is 2.48. The second kappa shape index (κ2) is 5.03. The lowest BCUT2D eigenvalue weighted by Crippen LogP contribution is -2.31. The minimum Gasteiger partial charge on any atom is -0.289 e. The van der Waals surface area contributed by atoms with Gasteiger partial charge in [0.2, 0.25) is 0 Å². The standard InChI is InChI=1S/C11H7F2N3O4/c12-7-1-6(2-8(13)3-7)4-15-5-9(16(19)20)10(17)14-11(15)18/h1-3,5H,4H2,(H,14,17,18). The van der Waals surface area contributed by atoms with Crippen molar-refractivity contribution in [1.82, 2.24) is 9.55 Å². The van der Waals surface area contributed by atoms with Crippen LogP contribution in [0.3, 0.4) is 0 Å². The second-order valence-electron chi connectivity index (χ2n) is 3.94. The first-order valence-corrected chi connectivity index (χ1v) is 5.30. The topological polar surface area (TPSA) is 98.0 Å². The Bertz CT molecular complexity index is 777. The number of aromatic nitrogens is 2. The zero-order valence-corrected chi connectivity index (χ0v) is 9.80. The van der Waals surface area contributed by atoms with E-state index in [0.29, 0.717) is 6.07 Å². The first-order chi connectivity index (χ1) is 9.36. The van der Waals surface area contributed by atoms with Crippen LogP contribution in [0.15, 0.2) is 34.0 Å². The maximum Gasteiger partial charge on any atom is 0.350 e. The minimum absolute atomic E-state index is 0.0888. The lowest BCUT2D eigenvalue weighted by molar-refractivity contribution is -0.386. The fourth-order valence-corrected chi connectivity index (χ4v) is 1.64. The summed E-state index contributed by atoms with van der Waals surface area (Å²) in [7, 11) is 0. The second-order valence-corrected chi connectivity index (χ2v) is 3.94. The van der Waals surface area contributed by atoms with Crippen molar-refractivity contribution >= 4 is 5.69 Å².